The number of nitrogens with zero attached hydrogens (tertiary/aromatic N) is 2. The van der Waals surface area contributed by atoms with Gasteiger partial charge in [0.05, 0.1) is 4.90 Å². The number of fused-ring (bicyclic) bond motifs is 1. The Morgan fingerprint density at radius 1 is 0.938 bits per heavy atom. The Balaban J connectivity index is 1.36. The molecular weight excluding hydrogens is 450 g/mol. The SMILES string of the molecule is CC(=O)NC1CCC(C(=O)N2CCN(S(=O)(=O)c3ccc4cc(Cl)ccc4c3)CC2)CC1. The molecule has 1 saturated carbocycles. The molecule has 9 heteroatoms. The van der Waals surface area contributed by atoms with Gasteiger partial charge in [0.25, 0.3) is 0 Å². The summed E-state index contributed by atoms with van der Waals surface area (Å²) < 4.78 is 27.8. The summed E-state index contributed by atoms with van der Waals surface area (Å²) in [4.78, 5) is 26.2. The Labute approximate surface area is 193 Å². The first-order valence-corrected chi connectivity index (χ1v) is 12.8. The maximum absolute atomic E-state index is 13.2. The van der Waals surface area contributed by atoms with Gasteiger partial charge in [-0.2, -0.15) is 4.31 Å². The summed E-state index contributed by atoms with van der Waals surface area (Å²) in [5, 5.41) is 5.25. The lowest BCUT2D eigenvalue weighted by molar-refractivity contribution is -0.137. The van der Waals surface area contributed by atoms with E-state index in [9.17, 15) is 18.0 Å². The molecule has 2 aromatic rings. The molecule has 2 aliphatic rings. The number of rotatable bonds is 4. The summed E-state index contributed by atoms with van der Waals surface area (Å²) in [5.74, 6) is 0.0219. The molecule has 1 saturated heterocycles. The van der Waals surface area contributed by atoms with Crippen molar-refractivity contribution < 1.29 is 18.0 Å². The van der Waals surface area contributed by atoms with Gasteiger partial charge in [0.15, 0.2) is 0 Å². The van der Waals surface area contributed by atoms with Crippen LogP contribution in [0.1, 0.15) is 32.6 Å². The molecule has 2 fully saturated rings. The van der Waals surface area contributed by atoms with Crippen LogP contribution >= 0.6 is 11.6 Å². The summed E-state index contributed by atoms with van der Waals surface area (Å²) in [7, 11) is -3.63. The maximum Gasteiger partial charge on any atom is 0.243 e. The number of nitrogens with one attached hydrogen (secondary N) is 1. The molecule has 0 unspecified atom stereocenters. The van der Waals surface area contributed by atoms with Crippen molar-refractivity contribution in [3.63, 3.8) is 0 Å². The fourth-order valence-electron chi connectivity index (χ4n) is 4.68. The van der Waals surface area contributed by atoms with Crippen LogP contribution in [0.25, 0.3) is 10.8 Å². The van der Waals surface area contributed by atoms with Crippen molar-refractivity contribution in [3.8, 4) is 0 Å². The minimum atomic E-state index is -3.63. The van der Waals surface area contributed by atoms with E-state index in [-0.39, 0.29) is 41.8 Å². The topological polar surface area (TPSA) is 86.8 Å². The fourth-order valence-corrected chi connectivity index (χ4v) is 6.32. The van der Waals surface area contributed by atoms with Crippen LogP contribution in [0.4, 0.5) is 0 Å². The first kappa shape index (κ1) is 23.0. The third-order valence-electron chi connectivity index (χ3n) is 6.45. The van der Waals surface area contributed by atoms with Gasteiger partial charge >= 0.3 is 0 Å². The number of hydrogen-bond acceptors (Lipinski definition) is 4. The lowest BCUT2D eigenvalue weighted by Crippen LogP contribution is -2.52. The van der Waals surface area contributed by atoms with E-state index in [1.54, 1.807) is 35.2 Å². The molecule has 0 atom stereocenters. The predicted molar refractivity (Wildman–Crippen MR) is 124 cm³/mol. The van der Waals surface area contributed by atoms with Crippen LogP contribution in [0.15, 0.2) is 41.3 Å². The van der Waals surface area contributed by atoms with Crippen molar-refractivity contribution in [2.45, 2.75) is 43.5 Å². The Kier molecular flexibility index (Phi) is 6.74. The van der Waals surface area contributed by atoms with Gasteiger partial charge in [-0.25, -0.2) is 8.42 Å². The zero-order valence-electron chi connectivity index (χ0n) is 18.1. The van der Waals surface area contributed by atoms with Gasteiger partial charge in [-0.15, -0.1) is 0 Å². The molecule has 7 nitrogen and oxygen atoms in total. The summed E-state index contributed by atoms with van der Waals surface area (Å²) in [6, 6.07) is 10.6. The molecule has 1 N–H and O–H groups in total. The Hall–Kier alpha value is -2.16. The van der Waals surface area contributed by atoms with Gasteiger partial charge in [-0.1, -0.05) is 23.7 Å². The van der Waals surface area contributed by atoms with Crippen molar-refractivity contribution in [3.05, 3.63) is 41.4 Å². The van der Waals surface area contributed by atoms with E-state index in [1.807, 2.05) is 6.07 Å². The van der Waals surface area contributed by atoms with Crippen molar-refractivity contribution >= 4 is 44.2 Å². The molecule has 32 heavy (non-hydrogen) atoms. The number of amides is 2. The number of benzene rings is 2. The number of halogens is 1. The smallest absolute Gasteiger partial charge is 0.243 e. The second kappa shape index (κ2) is 9.37. The molecule has 2 amide bonds. The molecule has 2 aromatic carbocycles. The van der Waals surface area contributed by atoms with E-state index in [4.69, 9.17) is 11.6 Å². The highest BCUT2D eigenvalue weighted by molar-refractivity contribution is 7.89. The van der Waals surface area contributed by atoms with E-state index in [0.29, 0.717) is 18.1 Å². The van der Waals surface area contributed by atoms with Crippen LogP contribution in [-0.4, -0.2) is 61.7 Å². The van der Waals surface area contributed by atoms with Gasteiger partial charge in [-0.3, -0.25) is 9.59 Å². The number of carbonyl (C=O) groups is 2. The first-order valence-electron chi connectivity index (χ1n) is 11.0. The number of sulfonamides is 1. The lowest BCUT2D eigenvalue weighted by Gasteiger charge is -2.37. The standard InChI is InChI=1S/C23H28ClN3O4S/c1-16(28)25-21-7-3-17(4-8-21)23(29)26-10-12-27(13-11-26)32(30,31)22-9-5-18-14-20(24)6-2-19(18)15-22/h2,5-6,9,14-15,17,21H,3-4,7-8,10-13H2,1H3,(H,25,28). The number of carbonyl (C=O) groups excluding carboxylic acids is 2. The summed E-state index contributed by atoms with van der Waals surface area (Å²) >= 11 is 6.02. The molecule has 0 spiro atoms. The van der Waals surface area contributed by atoms with Crippen molar-refractivity contribution in [2.75, 3.05) is 26.2 Å². The van der Waals surface area contributed by atoms with Crippen LogP contribution in [-0.2, 0) is 19.6 Å². The average molecular weight is 478 g/mol. The molecule has 0 bridgehead atoms. The van der Waals surface area contributed by atoms with Gasteiger partial charge in [-0.05, 0) is 60.7 Å². The van der Waals surface area contributed by atoms with Crippen LogP contribution in [0.5, 0.6) is 0 Å². The largest absolute Gasteiger partial charge is 0.354 e. The molecular formula is C23H28ClN3O4S. The van der Waals surface area contributed by atoms with Crippen LogP contribution in [0.3, 0.4) is 0 Å². The third kappa shape index (κ3) is 4.92. The Morgan fingerprint density at radius 2 is 1.56 bits per heavy atom. The quantitative estimate of drug-likeness (QED) is 0.733. The molecule has 1 aliphatic carbocycles. The highest BCUT2D eigenvalue weighted by Crippen LogP contribution is 2.28. The van der Waals surface area contributed by atoms with Crippen LogP contribution in [0, 0.1) is 5.92 Å². The molecule has 0 aromatic heterocycles. The lowest BCUT2D eigenvalue weighted by atomic mass is 9.85. The summed E-state index contributed by atoms with van der Waals surface area (Å²) in [6.45, 7) is 2.87. The molecule has 172 valence electrons. The third-order valence-corrected chi connectivity index (χ3v) is 8.58. The summed E-state index contributed by atoms with van der Waals surface area (Å²) in [5.41, 5.74) is 0. The van der Waals surface area contributed by atoms with E-state index in [0.717, 1.165) is 36.5 Å². The normalized spacial score (nSPS) is 22.6. The first-order chi connectivity index (χ1) is 15.2. The van der Waals surface area contributed by atoms with Gasteiger partial charge in [0.2, 0.25) is 21.8 Å². The van der Waals surface area contributed by atoms with Crippen molar-refractivity contribution in [1.82, 2.24) is 14.5 Å². The molecule has 1 heterocycles. The minimum Gasteiger partial charge on any atom is -0.354 e. The average Bonchev–Trinajstić information content (AvgIpc) is 2.78. The van der Waals surface area contributed by atoms with Crippen molar-refractivity contribution in [2.24, 2.45) is 5.92 Å². The van der Waals surface area contributed by atoms with Gasteiger partial charge in [0.1, 0.15) is 0 Å². The van der Waals surface area contributed by atoms with Crippen LogP contribution in [0.2, 0.25) is 5.02 Å². The van der Waals surface area contributed by atoms with E-state index in [2.05, 4.69) is 5.32 Å². The molecule has 0 radical (unpaired) electrons. The highest BCUT2D eigenvalue weighted by Gasteiger charge is 2.34. The van der Waals surface area contributed by atoms with Gasteiger partial charge < -0.3 is 10.2 Å². The fraction of sp³-hybridized carbons (Fsp3) is 0.478. The van der Waals surface area contributed by atoms with E-state index in [1.165, 1.54) is 11.2 Å². The monoisotopic (exact) mass is 477 g/mol. The minimum absolute atomic E-state index is 0.0349. The second-order valence-electron chi connectivity index (χ2n) is 8.63. The Bertz CT molecular complexity index is 1120. The molecule has 1 aliphatic heterocycles. The second-order valence-corrected chi connectivity index (χ2v) is 11.0. The number of piperazine rings is 1. The van der Waals surface area contributed by atoms with Gasteiger partial charge in [0, 0.05) is 50.1 Å². The summed E-state index contributed by atoms with van der Waals surface area (Å²) in [6.07, 6.45) is 3.11. The Morgan fingerprint density at radius 3 is 2.22 bits per heavy atom. The molecule has 4 rings (SSSR count). The number of hydrogen-bond donors (Lipinski definition) is 1. The van der Waals surface area contributed by atoms with Crippen molar-refractivity contribution in [1.29, 1.82) is 0 Å². The van der Waals surface area contributed by atoms with E-state index >= 15 is 0 Å². The zero-order valence-corrected chi connectivity index (χ0v) is 19.7. The predicted octanol–water partition coefficient (Wildman–Crippen LogP) is 3.02. The van der Waals surface area contributed by atoms with Crippen LogP contribution < -0.4 is 5.32 Å². The maximum atomic E-state index is 13.2. The highest BCUT2D eigenvalue weighted by atomic mass is 35.5. The zero-order chi connectivity index (χ0) is 22.9. The van der Waals surface area contributed by atoms with E-state index < -0.39 is 10.0 Å².